The minimum Gasteiger partial charge on any atom is -0.454 e. The Morgan fingerprint density at radius 2 is 2.05 bits per heavy atom. The Labute approximate surface area is 128 Å². The SMILES string of the molecule is CCN1C(=O)SC(=Cc2cc3c(cc2Br)OCO3)C1=O. The van der Waals surface area contributed by atoms with Gasteiger partial charge in [-0.25, -0.2) is 0 Å². The van der Waals surface area contributed by atoms with Crippen LogP contribution < -0.4 is 9.47 Å². The van der Waals surface area contributed by atoms with Crippen molar-refractivity contribution in [3.05, 3.63) is 27.1 Å². The lowest BCUT2D eigenvalue weighted by molar-refractivity contribution is -0.122. The zero-order chi connectivity index (χ0) is 14.3. The Morgan fingerprint density at radius 1 is 1.35 bits per heavy atom. The van der Waals surface area contributed by atoms with E-state index >= 15 is 0 Å². The van der Waals surface area contributed by atoms with Crippen molar-refractivity contribution in [2.75, 3.05) is 13.3 Å². The van der Waals surface area contributed by atoms with Gasteiger partial charge in [-0.2, -0.15) is 0 Å². The Balaban J connectivity index is 1.97. The summed E-state index contributed by atoms with van der Waals surface area (Å²) in [6, 6.07) is 3.57. The van der Waals surface area contributed by atoms with Gasteiger partial charge in [0.25, 0.3) is 11.1 Å². The quantitative estimate of drug-likeness (QED) is 0.762. The third kappa shape index (κ3) is 2.20. The minimum absolute atomic E-state index is 0.192. The fourth-order valence-electron chi connectivity index (χ4n) is 1.96. The van der Waals surface area contributed by atoms with Crippen LogP contribution in [0.2, 0.25) is 0 Å². The summed E-state index contributed by atoms with van der Waals surface area (Å²) in [5.74, 6) is 1.04. The molecule has 2 aliphatic rings. The van der Waals surface area contributed by atoms with Gasteiger partial charge >= 0.3 is 0 Å². The maximum atomic E-state index is 12.0. The fourth-order valence-corrected chi connectivity index (χ4v) is 3.29. The van der Waals surface area contributed by atoms with Gasteiger partial charge in [-0.05, 0) is 42.5 Å². The van der Waals surface area contributed by atoms with Crippen molar-refractivity contribution in [1.82, 2.24) is 4.90 Å². The number of hydrogen-bond donors (Lipinski definition) is 0. The molecule has 0 atom stereocenters. The van der Waals surface area contributed by atoms with Gasteiger partial charge in [-0.1, -0.05) is 15.9 Å². The largest absolute Gasteiger partial charge is 0.454 e. The lowest BCUT2D eigenvalue weighted by Crippen LogP contribution is -2.27. The van der Waals surface area contributed by atoms with Crippen molar-refractivity contribution < 1.29 is 19.1 Å². The van der Waals surface area contributed by atoms with Gasteiger partial charge in [-0.3, -0.25) is 14.5 Å². The number of fused-ring (bicyclic) bond motifs is 1. The van der Waals surface area contributed by atoms with Crippen LogP contribution >= 0.6 is 27.7 Å². The summed E-state index contributed by atoms with van der Waals surface area (Å²) in [5, 5.41) is -0.236. The van der Waals surface area contributed by atoms with Gasteiger partial charge in [0, 0.05) is 11.0 Å². The highest BCUT2D eigenvalue weighted by Gasteiger charge is 2.33. The van der Waals surface area contributed by atoms with Crippen LogP contribution in [0.3, 0.4) is 0 Å². The number of rotatable bonds is 2. The minimum atomic E-state index is -0.257. The number of carbonyl (C=O) groups is 2. The summed E-state index contributed by atoms with van der Waals surface area (Å²) in [4.78, 5) is 25.3. The van der Waals surface area contributed by atoms with Crippen LogP contribution in [0, 0.1) is 0 Å². The first kappa shape index (κ1) is 13.5. The number of amides is 2. The highest BCUT2D eigenvalue weighted by atomic mass is 79.9. The van der Waals surface area contributed by atoms with E-state index < -0.39 is 0 Å². The molecule has 1 aromatic rings. The molecule has 0 saturated carbocycles. The number of likely N-dealkylation sites (N-methyl/N-ethyl adjacent to an activating group) is 1. The molecule has 20 heavy (non-hydrogen) atoms. The Morgan fingerprint density at radius 3 is 2.70 bits per heavy atom. The van der Waals surface area contributed by atoms with Crippen LogP contribution in [0.1, 0.15) is 12.5 Å². The van der Waals surface area contributed by atoms with Gasteiger partial charge in [0.2, 0.25) is 6.79 Å². The second kappa shape index (κ2) is 5.14. The summed E-state index contributed by atoms with van der Waals surface area (Å²) in [5.41, 5.74) is 0.774. The van der Waals surface area contributed by atoms with E-state index in [0.717, 1.165) is 21.8 Å². The highest BCUT2D eigenvalue weighted by Crippen LogP contribution is 2.39. The molecular weight excluding hydrogens is 346 g/mol. The highest BCUT2D eigenvalue weighted by molar-refractivity contribution is 9.10. The molecular formula is C13H10BrNO4S. The zero-order valence-electron chi connectivity index (χ0n) is 10.5. The fraction of sp³-hybridized carbons (Fsp3) is 0.231. The van der Waals surface area contributed by atoms with E-state index in [2.05, 4.69) is 15.9 Å². The van der Waals surface area contributed by atoms with Crippen LogP contribution in [-0.4, -0.2) is 29.4 Å². The molecule has 0 bridgehead atoms. The Hall–Kier alpha value is -1.47. The van der Waals surface area contributed by atoms with Crippen molar-refractivity contribution in [2.45, 2.75) is 6.92 Å². The molecule has 1 fully saturated rings. The topological polar surface area (TPSA) is 55.8 Å². The Bertz CT molecular complexity index is 644. The van der Waals surface area contributed by atoms with Crippen molar-refractivity contribution in [3.63, 3.8) is 0 Å². The van der Waals surface area contributed by atoms with E-state index in [1.165, 1.54) is 4.90 Å². The van der Waals surface area contributed by atoms with Crippen molar-refractivity contribution in [2.24, 2.45) is 0 Å². The third-order valence-corrected chi connectivity index (χ3v) is 4.56. The molecule has 1 saturated heterocycles. The number of benzene rings is 1. The standard InChI is InChI=1S/C13H10BrNO4S/c1-2-15-12(16)11(20-13(15)17)4-7-3-9-10(5-8(7)14)19-6-18-9/h3-5H,2,6H2,1H3. The molecule has 0 spiro atoms. The lowest BCUT2D eigenvalue weighted by atomic mass is 10.2. The smallest absolute Gasteiger partial charge is 0.293 e. The van der Waals surface area contributed by atoms with E-state index in [9.17, 15) is 9.59 Å². The number of imide groups is 1. The maximum Gasteiger partial charge on any atom is 0.293 e. The summed E-state index contributed by atoms with van der Waals surface area (Å²) < 4.78 is 11.4. The van der Waals surface area contributed by atoms with Crippen molar-refractivity contribution in [1.29, 1.82) is 0 Å². The lowest BCUT2D eigenvalue weighted by Gasteiger charge is -2.07. The van der Waals surface area contributed by atoms with Gasteiger partial charge in [0.15, 0.2) is 11.5 Å². The average molecular weight is 356 g/mol. The summed E-state index contributed by atoms with van der Waals surface area (Å²) in [6.45, 7) is 2.34. The molecule has 2 heterocycles. The predicted molar refractivity (Wildman–Crippen MR) is 78.6 cm³/mol. The van der Waals surface area contributed by atoms with Crippen molar-refractivity contribution in [3.8, 4) is 11.5 Å². The monoisotopic (exact) mass is 355 g/mol. The number of hydrogen-bond acceptors (Lipinski definition) is 5. The van der Waals surface area contributed by atoms with E-state index in [0.29, 0.717) is 22.9 Å². The van der Waals surface area contributed by atoms with Gasteiger partial charge in [0.1, 0.15) is 0 Å². The molecule has 1 aromatic carbocycles. The van der Waals surface area contributed by atoms with Gasteiger partial charge in [0.05, 0.1) is 4.91 Å². The van der Waals surface area contributed by atoms with Crippen LogP contribution in [0.5, 0.6) is 11.5 Å². The first-order chi connectivity index (χ1) is 9.60. The zero-order valence-corrected chi connectivity index (χ0v) is 12.9. The first-order valence-corrected chi connectivity index (χ1v) is 7.55. The molecule has 2 amide bonds. The van der Waals surface area contributed by atoms with E-state index in [1.807, 2.05) is 0 Å². The molecule has 7 heteroatoms. The number of thioether (sulfide) groups is 1. The number of ether oxygens (including phenoxy) is 2. The molecule has 3 rings (SSSR count). The van der Waals surface area contributed by atoms with Crippen molar-refractivity contribution >= 4 is 44.9 Å². The predicted octanol–water partition coefficient (Wildman–Crippen LogP) is 3.23. The van der Waals surface area contributed by atoms with Gasteiger partial charge < -0.3 is 9.47 Å². The number of nitrogens with zero attached hydrogens (tertiary/aromatic N) is 1. The molecule has 0 aliphatic carbocycles. The molecule has 0 unspecified atom stereocenters. The van der Waals surface area contributed by atoms with Crippen LogP contribution in [0.15, 0.2) is 21.5 Å². The number of carbonyl (C=O) groups excluding carboxylic acids is 2. The summed E-state index contributed by atoms with van der Waals surface area (Å²) in [6.07, 6.45) is 1.69. The molecule has 104 valence electrons. The van der Waals surface area contributed by atoms with Crippen LogP contribution in [0.25, 0.3) is 6.08 Å². The molecule has 0 radical (unpaired) electrons. The van der Waals surface area contributed by atoms with E-state index in [-0.39, 0.29) is 17.9 Å². The molecule has 0 N–H and O–H groups in total. The normalized spacial score (nSPS) is 19.3. The second-order valence-corrected chi connectivity index (χ2v) is 6.00. The molecule has 0 aromatic heterocycles. The van der Waals surface area contributed by atoms with E-state index in [4.69, 9.17) is 9.47 Å². The molecule has 5 nitrogen and oxygen atoms in total. The van der Waals surface area contributed by atoms with Crippen LogP contribution in [0.4, 0.5) is 4.79 Å². The first-order valence-electron chi connectivity index (χ1n) is 5.94. The third-order valence-electron chi connectivity index (χ3n) is 2.97. The molecule has 2 aliphatic heterocycles. The Kier molecular flexibility index (Phi) is 3.47. The van der Waals surface area contributed by atoms with Gasteiger partial charge in [-0.15, -0.1) is 0 Å². The number of halogens is 1. The van der Waals surface area contributed by atoms with Crippen LogP contribution in [-0.2, 0) is 4.79 Å². The average Bonchev–Trinajstić information content (AvgIpc) is 2.95. The summed E-state index contributed by atoms with van der Waals surface area (Å²) >= 11 is 4.37. The maximum absolute atomic E-state index is 12.0. The summed E-state index contributed by atoms with van der Waals surface area (Å²) in [7, 11) is 0. The second-order valence-electron chi connectivity index (χ2n) is 4.15. The van der Waals surface area contributed by atoms with E-state index in [1.54, 1.807) is 25.1 Å².